The van der Waals surface area contributed by atoms with Gasteiger partial charge in [-0.25, -0.2) is 0 Å². The molecule has 10 heteroatoms. The average molecular weight is 520 g/mol. The molecule has 1 unspecified atom stereocenters. The van der Waals surface area contributed by atoms with Crippen LogP contribution in [-0.2, 0) is 27.3 Å². The predicted octanol–water partition coefficient (Wildman–Crippen LogP) is 2.61. The van der Waals surface area contributed by atoms with E-state index in [-0.39, 0.29) is 43.2 Å². The third-order valence-electron chi connectivity index (χ3n) is 6.22. The number of carbonyl (C=O) groups excluding carboxylic acids is 3. The quantitative estimate of drug-likeness (QED) is 0.419. The Kier molecular flexibility index (Phi) is 10.8. The first-order valence-electron chi connectivity index (χ1n) is 12.3. The van der Waals surface area contributed by atoms with Crippen LogP contribution >= 0.6 is 12.4 Å². The zero-order chi connectivity index (χ0) is 25.5. The van der Waals surface area contributed by atoms with Gasteiger partial charge in [-0.3, -0.25) is 14.4 Å². The van der Waals surface area contributed by atoms with E-state index >= 15 is 0 Å². The fraction of sp³-hybridized carbons (Fsp3) is 0.500. The topological polar surface area (TPSA) is 121 Å². The number of nitrogens with zero attached hydrogens (tertiary/aromatic N) is 2. The number of anilines is 2. The minimum absolute atomic E-state index is 0. The van der Waals surface area contributed by atoms with Gasteiger partial charge in [0.2, 0.25) is 17.7 Å². The van der Waals surface area contributed by atoms with Crippen LogP contribution in [0.1, 0.15) is 45.4 Å². The molecule has 1 aromatic carbocycles. The number of hydrogen-bond donors (Lipinski definition) is 3. The van der Waals surface area contributed by atoms with Crippen molar-refractivity contribution in [3.63, 3.8) is 0 Å². The fourth-order valence-corrected chi connectivity index (χ4v) is 4.54. The third kappa shape index (κ3) is 6.79. The van der Waals surface area contributed by atoms with Crippen LogP contribution in [-0.4, -0.2) is 49.4 Å². The predicted molar refractivity (Wildman–Crippen MR) is 143 cm³/mol. The summed E-state index contributed by atoms with van der Waals surface area (Å²) in [6.07, 6.45) is 2.39. The lowest BCUT2D eigenvalue weighted by Gasteiger charge is -2.38. The number of nitrogens with two attached hydrogens (primary N) is 1. The lowest BCUT2D eigenvalue weighted by molar-refractivity contribution is -0.131. The first-order chi connectivity index (χ1) is 16.8. The minimum Gasteiger partial charge on any atom is -0.467 e. The van der Waals surface area contributed by atoms with Crippen molar-refractivity contribution in [2.24, 2.45) is 11.7 Å². The Morgan fingerprint density at radius 1 is 1.19 bits per heavy atom. The summed E-state index contributed by atoms with van der Waals surface area (Å²) in [5.74, 6) is -0.193. The maximum atomic E-state index is 13.8. The molecule has 36 heavy (non-hydrogen) atoms. The van der Waals surface area contributed by atoms with Gasteiger partial charge in [-0.1, -0.05) is 26.0 Å². The van der Waals surface area contributed by atoms with Crippen LogP contribution in [0.2, 0.25) is 0 Å². The van der Waals surface area contributed by atoms with Gasteiger partial charge in [0, 0.05) is 19.5 Å². The zero-order valence-corrected chi connectivity index (χ0v) is 22.3. The second-order valence-corrected chi connectivity index (χ2v) is 9.18. The van der Waals surface area contributed by atoms with Crippen molar-refractivity contribution in [2.45, 2.75) is 59.2 Å². The van der Waals surface area contributed by atoms with E-state index in [4.69, 9.17) is 10.2 Å². The average Bonchev–Trinajstić information content (AvgIpc) is 3.35. The molecule has 1 aromatic heterocycles. The molecule has 0 spiro atoms. The van der Waals surface area contributed by atoms with Gasteiger partial charge in [0.15, 0.2) is 0 Å². The van der Waals surface area contributed by atoms with Crippen LogP contribution in [0.3, 0.4) is 0 Å². The van der Waals surface area contributed by atoms with Gasteiger partial charge >= 0.3 is 0 Å². The number of hydrogen-bond acceptors (Lipinski definition) is 6. The normalized spacial score (nSPS) is 15.7. The van der Waals surface area contributed by atoms with E-state index in [1.807, 2.05) is 38.1 Å². The van der Waals surface area contributed by atoms with Gasteiger partial charge in [0.1, 0.15) is 17.8 Å². The van der Waals surface area contributed by atoms with Gasteiger partial charge < -0.3 is 30.6 Å². The van der Waals surface area contributed by atoms with Gasteiger partial charge in [0.25, 0.3) is 0 Å². The summed E-state index contributed by atoms with van der Waals surface area (Å²) in [4.78, 5) is 42.8. The van der Waals surface area contributed by atoms with Crippen molar-refractivity contribution in [1.29, 1.82) is 0 Å². The van der Waals surface area contributed by atoms with Gasteiger partial charge in [0.05, 0.1) is 30.7 Å². The van der Waals surface area contributed by atoms with Crippen LogP contribution < -0.4 is 26.2 Å². The Morgan fingerprint density at radius 3 is 2.50 bits per heavy atom. The van der Waals surface area contributed by atoms with Crippen LogP contribution in [0.5, 0.6) is 0 Å². The molecule has 0 radical (unpaired) electrons. The van der Waals surface area contributed by atoms with Crippen molar-refractivity contribution < 1.29 is 18.8 Å². The Labute approximate surface area is 219 Å². The molecule has 2 aromatic rings. The molecule has 0 aliphatic carbocycles. The maximum absolute atomic E-state index is 13.8. The van der Waals surface area contributed by atoms with Gasteiger partial charge in [-0.05, 0) is 49.9 Å². The molecule has 198 valence electrons. The lowest BCUT2D eigenvalue weighted by atomic mass is 9.94. The molecular formula is C26H38ClN5O4. The highest BCUT2D eigenvalue weighted by Gasteiger charge is 2.37. The number of carbonyl (C=O) groups is 3. The van der Waals surface area contributed by atoms with Crippen LogP contribution in [0.15, 0.2) is 41.0 Å². The minimum atomic E-state index is -0.763. The zero-order valence-electron chi connectivity index (χ0n) is 21.5. The largest absolute Gasteiger partial charge is 0.467 e. The number of para-hydroxylation sites is 1. The Hall–Kier alpha value is -3.04. The molecule has 2 atom stereocenters. The van der Waals surface area contributed by atoms with Gasteiger partial charge in [-0.2, -0.15) is 0 Å². The molecule has 1 aliphatic rings. The SMILES string of the molecule is CCN(CC)c1cccc2c1N(Cc1ccco1)C(=O)C(NC(=O)[C@@H](CC(C)C)NC(=O)CN)C2.Cl. The van der Waals surface area contributed by atoms with Crippen LogP contribution in [0, 0.1) is 5.92 Å². The molecule has 3 rings (SSSR count). The van der Waals surface area contributed by atoms with Crippen molar-refractivity contribution in [3.05, 3.63) is 47.9 Å². The van der Waals surface area contributed by atoms with E-state index in [0.717, 1.165) is 30.0 Å². The number of furan rings is 1. The fourth-order valence-electron chi connectivity index (χ4n) is 4.54. The molecule has 0 saturated heterocycles. The van der Waals surface area contributed by atoms with E-state index in [1.54, 1.807) is 17.2 Å². The summed E-state index contributed by atoms with van der Waals surface area (Å²) < 4.78 is 5.55. The summed E-state index contributed by atoms with van der Waals surface area (Å²) in [5.41, 5.74) is 8.23. The van der Waals surface area contributed by atoms with E-state index in [0.29, 0.717) is 18.6 Å². The molecule has 0 saturated carbocycles. The van der Waals surface area contributed by atoms with Crippen molar-refractivity contribution in [1.82, 2.24) is 10.6 Å². The van der Waals surface area contributed by atoms with E-state index in [9.17, 15) is 14.4 Å². The lowest BCUT2D eigenvalue weighted by Crippen LogP contribution is -2.57. The Balaban J connectivity index is 0.00000456. The second kappa shape index (κ2) is 13.3. The third-order valence-corrected chi connectivity index (χ3v) is 6.22. The first kappa shape index (κ1) is 29.2. The molecule has 3 amide bonds. The van der Waals surface area contributed by atoms with Crippen LogP contribution in [0.25, 0.3) is 0 Å². The molecule has 0 fully saturated rings. The van der Waals surface area contributed by atoms with E-state index in [2.05, 4.69) is 29.4 Å². The van der Waals surface area contributed by atoms with Crippen molar-refractivity contribution >= 4 is 41.5 Å². The van der Waals surface area contributed by atoms with Crippen molar-refractivity contribution in [3.8, 4) is 0 Å². The highest BCUT2D eigenvalue weighted by molar-refractivity contribution is 6.05. The first-order valence-corrected chi connectivity index (χ1v) is 12.3. The number of rotatable bonds is 11. The molecule has 2 heterocycles. The highest BCUT2D eigenvalue weighted by atomic mass is 35.5. The summed E-state index contributed by atoms with van der Waals surface area (Å²) in [6, 6.07) is 8.09. The second-order valence-electron chi connectivity index (χ2n) is 9.18. The smallest absolute Gasteiger partial charge is 0.250 e. The number of halogens is 1. The van der Waals surface area contributed by atoms with Gasteiger partial charge in [-0.15, -0.1) is 12.4 Å². The molecule has 0 bridgehead atoms. The summed E-state index contributed by atoms with van der Waals surface area (Å²) in [7, 11) is 0. The molecular weight excluding hydrogens is 482 g/mol. The molecule has 1 aliphatic heterocycles. The Bertz CT molecular complexity index is 1020. The summed E-state index contributed by atoms with van der Waals surface area (Å²) >= 11 is 0. The van der Waals surface area contributed by atoms with Crippen molar-refractivity contribution in [2.75, 3.05) is 29.4 Å². The number of nitrogens with one attached hydrogen (secondary N) is 2. The highest BCUT2D eigenvalue weighted by Crippen LogP contribution is 2.38. The number of benzene rings is 1. The molecule has 4 N–H and O–H groups in total. The molecule has 9 nitrogen and oxygen atoms in total. The standard InChI is InChI=1S/C26H37N5O4.ClH/c1-5-30(6-2)22-11-7-9-18-14-21(26(34)31(24(18)22)16-19-10-8-12-35-19)29-25(33)20(13-17(3)4)28-23(32)15-27;/h7-12,17,20-21H,5-6,13-16,27H2,1-4H3,(H,28,32)(H,29,33);1H/t20-,21?;/m1./s1. The Morgan fingerprint density at radius 2 is 1.92 bits per heavy atom. The summed E-state index contributed by atoms with van der Waals surface area (Å²) in [6.45, 7) is 9.75. The van der Waals surface area contributed by atoms with E-state index in [1.165, 1.54) is 0 Å². The van der Waals surface area contributed by atoms with Crippen LogP contribution in [0.4, 0.5) is 11.4 Å². The maximum Gasteiger partial charge on any atom is 0.250 e. The summed E-state index contributed by atoms with van der Waals surface area (Å²) in [5, 5.41) is 5.59. The number of fused-ring (bicyclic) bond motifs is 1. The number of amides is 3. The monoisotopic (exact) mass is 519 g/mol. The van der Waals surface area contributed by atoms with E-state index < -0.39 is 18.0 Å².